The fourth-order valence-electron chi connectivity index (χ4n) is 3.72. The van der Waals surface area contributed by atoms with Crippen LogP contribution in [0.5, 0.6) is 0 Å². The van der Waals surface area contributed by atoms with Crippen LogP contribution in [0.15, 0.2) is 24.3 Å². The van der Waals surface area contributed by atoms with Crippen LogP contribution in [0.4, 0.5) is 0 Å². The highest BCUT2D eigenvalue weighted by Gasteiger charge is 2.18. The van der Waals surface area contributed by atoms with Crippen molar-refractivity contribution in [2.45, 2.75) is 79.6 Å². The van der Waals surface area contributed by atoms with Crippen LogP contribution >= 0.6 is 11.3 Å². The van der Waals surface area contributed by atoms with Crippen molar-refractivity contribution in [3.8, 4) is 0 Å². The maximum Gasteiger partial charge on any atom is 0.0124 e. The van der Waals surface area contributed by atoms with E-state index < -0.39 is 0 Å². The van der Waals surface area contributed by atoms with Crippen LogP contribution in [0, 0.1) is 19.8 Å². The van der Waals surface area contributed by atoms with Crippen LogP contribution in [-0.4, -0.2) is 0 Å². The molecule has 0 aliphatic heterocycles. The van der Waals surface area contributed by atoms with Crippen LogP contribution < -0.4 is 0 Å². The summed E-state index contributed by atoms with van der Waals surface area (Å²) in [4.78, 5) is 3.18. The molecule has 0 nitrogen and oxygen atoms in total. The summed E-state index contributed by atoms with van der Waals surface area (Å²) in [6.45, 7) is 14.0. The van der Waals surface area contributed by atoms with Crippen LogP contribution in [0.2, 0.25) is 0 Å². The number of aryl methyl sites for hydroxylation is 1. The zero-order valence-corrected chi connectivity index (χ0v) is 17.2. The summed E-state index contributed by atoms with van der Waals surface area (Å²) in [6.07, 6.45) is 6.17. The van der Waals surface area contributed by atoms with Gasteiger partial charge in [-0.15, -0.1) is 11.3 Å². The quantitative estimate of drug-likeness (QED) is 0.467. The molecule has 0 fully saturated rings. The molecule has 0 saturated heterocycles. The van der Waals surface area contributed by atoms with Crippen molar-refractivity contribution in [1.82, 2.24) is 0 Å². The largest absolute Gasteiger partial charge is 0.144 e. The third kappa shape index (κ3) is 4.72. The molecule has 1 heteroatoms. The minimum atomic E-state index is 0.687. The number of thiophene rings is 1. The molecular weight excluding hydrogens is 308 g/mol. The Morgan fingerprint density at radius 1 is 0.917 bits per heavy atom. The molecule has 0 radical (unpaired) electrons. The molecule has 2 rings (SSSR count). The average Bonchev–Trinajstić information content (AvgIpc) is 2.84. The van der Waals surface area contributed by atoms with Gasteiger partial charge in [0.2, 0.25) is 0 Å². The van der Waals surface area contributed by atoms with E-state index in [1.807, 2.05) is 0 Å². The second-order valence-electron chi connectivity index (χ2n) is 7.52. The number of benzene rings is 1. The smallest absolute Gasteiger partial charge is 0.0124 e. The van der Waals surface area contributed by atoms with E-state index >= 15 is 0 Å². The van der Waals surface area contributed by atoms with E-state index in [1.165, 1.54) is 41.5 Å². The summed E-state index contributed by atoms with van der Waals surface area (Å²) < 4.78 is 0. The molecule has 0 aliphatic carbocycles. The SMILES string of the molecule is CCCC(C)CC(C)c1sc(Cc2ccc(CC)cc2)c(C)c1C. The third-order valence-electron chi connectivity index (χ3n) is 5.36. The first-order chi connectivity index (χ1) is 11.5. The molecule has 2 unspecified atom stereocenters. The van der Waals surface area contributed by atoms with Crippen molar-refractivity contribution < 1.29 is 0 Å². The Balaban J connectivity index is 2.14. The van der Waals surface area contributed by atoms with Crippen LogP contribution in [0.3, 0.4) is 0 Å². The summed E-state index contributed by atoms with van der Waals surface area (Å²) in [5.41, 5.74) is 5.92. The van der Waals surface area contributed by atoms with Gasteiger partial charge in [0.05, 0.1) is 0 Å². The van der Waals surface area contributed by atoms with Crippen LogP contribution in [-0.2, 0) is 12.8 Å². The standard InChI is InChI=1S/C23H34S/c1-7-9-16(3)14-17(4)23-19(6)18(5)22(24-23)15-21-12-10-20(8-2)11-13-21/h10-13,16-17H,7-9,14-15H2,1-6H3. The first-order valence-corrected chi connectivity index (χ1v) is 10.4. The maximum atomic E-state index is 2.42. The number of rotatable bonds is 8. The van der Waals surface area contributed by atoms with Gasteiger partial charge < -0.3 is 0 Å². The zero-order chi connectivity index (χ0) is 17.7. The molecule has 0 saturated carbocycles. The summed E-state index contributed by atoms with van der Waals surface area (Å²) in [7, 11) is 0. The summed E-state index contributed by atoms with van der Waals surface area (Å²) in [5.74, 6) is 1.52. The summed E-state index contributed by atoms with van der Waals surface area (Å²) in [6, 6.07) is 9.17. The molecule has 2 aromatic rings. The molecule has 1 aromatic heterocycles. The number of hydrogen-bond acceptors (Lipinski definition) is 1. The van der Waals surface area contributed by atoms with E-state index in [2.05, 4.69) is 77.1 Å². The predicted molar refractivity (Wildman–Crippen MR) is 110 cm³/mol. The maximum absolute atomic E-state index is 2.42. The average molecular weight is 343 g/mol. The van der Waals surface area contributed by atoms with Gasteiger partial charge in [0.15, 0.2) is 0 Å². The highest BCUT2D eigenvalue weighted by molar-refractivity contribution is 7.12. The normalized spacial score (nSPS) is 13.9. The molecule has 0 spiro atoms. The van der Waals surface area contributed by atoms with Crippen molar-refractivity contribution in [3.63, 3.8) is 0 Å². The van der Waals surface area contributed by atoms with Gasteiger partial charge in [0.1, 0.15) is 0 Å². The van der Waals surface area contributed by atoms with Crippen LogP contribution in [0.1, 0.15) is 84.9 Å². The molecule has 0 bridgehead atoms. The van der Waals surface area contributed by atoms with Gasteiger partial charge in [0, 0.05) is 16.2 Å². The second-order valence-corrected chi connectivity index (χ2v) is 8.65. The van der Waals surface area contributed by atoms with E-state index in [0.29, 0.717) is 5.92 Å². The van der Waals surface area contributed by atoms with Crippen molar-refractivity contribution in [3.05, 3.63) is 56.3 Å². The first kappa shape index (κ1) is 19.2. The van der Waals surface area contributed by atoms with E-state index in [9.17, 15) is 0 Å². The van der Waals surface area contributed by atoms with Gasteiger partial charge in [-0.3, -0.25) is 0 Å². The van der Waals surface area contributed by atoms with Gasteiger partial charge >= 0.3 is 0 Å². The number of hydrogen-bond donors (Lipinski definition) is 0. The van der Waals surface area contributed by atoms with E-state index in [-0.39, 0.29) is 0 Å². The van der Waals surface area contributed by atoms with Gasteiger partial charge in [-0.25, -0.2) is 0 Å². The van der Waals surface area contributed by atoms with Crippen molar-refractivity contribution in [1.29, 1.82) is 0 Å². The fourth-order valence-corrected chi connectivity index (χ4v) is 5.13. The molecular formula is C23H34S. The molecule has 0 aliphatic rings. The molecule has 0 amide bonds. The predicted octanol–water partition coefficient (Wildman–Crippen LogP) is 7.45. The zero-order valence-electron chi connectivity index (χ0n) is 16.4. The van der Waals surface area contributed by atoms with E-state index in [4.69, 9.17) is 0 Å². The highest BCUT2D eigenvalue weighted by Crippen LogP contribution is 2.37. The fraction of sp³-hybridized carbons (Fsp3) is 0.565. The van der Waals surface area contributed by atoms with Gasteiger partial charge in [-0.05, 0) is 60.8 Å². The van der Waals surface area contributed by atoms with Crippen molar-refractivity contribution >= 4 is 11.3 Å². The Morgan fingerprint density at radius 3 is 2.12 bits per heavy atom. The Kier molecular flexibility index (Phi) is 7.10. The molecule has 0 N–H and O–H groups in total. The molecule has 2 atom stereocenters. The highest BCUT2D eigenvalue weighted by atomic mass is 32.1. The lowest BCUT2D eigenvalue weighted by molar-refractivity contribution is 0.451. The minimum Gasteiger partial charge on any atom is -0.144 e. The van der Waals surface area contributed by atoms with E-state index in [0.717, 1.165) is 18.8 Å². The van der Waals surface area contributed by atoms with Gasteiger partial charge in [-0.1, -0.05) is 64.8 Å². The van der Waals surface area contributed by atoms with Crippen molar-refractivity contribution in [2.75, 3.05) is 0 Å². The summed E-state index contributed by atoms with van der Waals surface area (Å²) >= 11 is 2.06. The summed E-state index contributed by atoms with van der Waals surface area (Å²) in [5, 5.41) is 0. The Morgan fingerprint density at radius 2 is 1.54 bits per heavy atom. The first-order valence-electron chi connectivity index (χ1n) is 9.62. The van der Waals surface area contributed by atoms with Crippen LogP contribution in [0.25, 0.3) is 0 Å². The topological polar surface area (TPSA) is 0 Å². The van der Waals surface area contributed by atoms with E-state index in [1.54, 1.807) is 9.75 Å². The van der Waals surface area contributed by atoms with Gasteiger partial charge in [0.25, 0.3) is 0 Å². The van der Waals surface area contributed by atoms with Gasteiger partial charge in [-0.2, -0.15) is 0 Å². The minimum absolute atomic E-state index is 0.687. The Labute approximate surface area is 153 Å². The lowest BCUT2D eigenvalue weighted by Gasteiger charge is -2.16. The van der Waals surface area contributed by atoms with Crippen molar-refractivity contribution in [2.24, 2.45) is 5.92 Å². The lowest BCUT2D eigenvalue weighted by Crippen LogP contribution is -2.01. The Hall–Kier alpha value is -1.08. The molecule has 1 aromatic carbocycles. The molecule has 1 heterocycles. The third-order valence-corrected chi connectivity index (χ3v) is 6.99. The molecule has 24 heavy (non-hydrogen) atoms. The Bertz CT molecular complexity index is 633. The lowest BCUT2D eigenvalue weighted by atomic mass is 9.91. The molecule has 132 valence electrons. The monoisotopic (exact) mass is 342 g/mol. The second kappa shape index (κ2) is 8.85.